The van der Waals surface area contributed by atoms with Crippen molar-refractivity contribution in [2.24, 2.45) is 0 Å². The van der Waals surface area contributed by atoms with Gasteiger partial charge in [0, 0.05) is 24.0 Å². The predicted molar refractivity (Wildman–Crippen MR) is 84.9 cm³/mol. The van der Waals surface area contributed by atoms with E-state index in [1.807, 2.05) is 28.8 Å². The SMILES string of the molecule is CC(O)c1nccn1Cc1cc(-c2ccc3c(c2)OCCO3)on1. The topological polar surface area (TPSA) is 82.5 Å². The van der Waals surface area contributed by atoms with Crippen LogP contribution in [0.3, 0.4) is 0 Å². The molecule has 24 heavy (non-hydrogen) atoms. The summed E-state index contributed by atoms with van der Waals surface area (Å²) in [4.78, 5) is 4.15. The van der Waals surface area contributed by atoms with E-state index < -0.39 is 6.10 Å². The first-order chi connectivity index (χ1) is 11.7. The molecular weight excluding hydrogens is 310 g/mol. The van der Waals surface area contributed by atoms with Crippen molar-refractivity contribution in [1.29, 1.82) is 0 Å². The zero-order valence-electron chi connectivity index (χ0n) is 13.2. The van der Waals surface area contributed by atoms with Crippen LogP contribution in [0.2, 0.25) is 0 Å². The van der Waals surface area contributed by atoms with Gasteiger partial charge < -0.3 is 23.7 Å². The molecule has 0 fully saturated rings. The van der Waals surface area contributed by atoms with Crippen LogP contribution in [0.4, 0.5) is 0 Å². The third-order valence-electron chi connectivity index (χ3n) is 3.84. The van der Waals surface area contributed by atoms with E-state index in [0.29, 0.717) is 37.1 Å². The second-order valence-electron chi connectivity index (χ2n) is 5.63. The van der Waals surface area contributed by atoms with Crippen LogP contribution in [0, 0.1) is 0 Å². The second kappa shape index (κ2) is 6.01. The van der Waals surface area contributed by atoms with Crippen LogP contribution in [-0.4, -0.2) is 33.0 Å². The molecule has 3 heterocycles. The minimum absolute atomic E-state index is 0.480. The van der Waals surface area contributed by atoms with Gasteiger partial charge in [-0.3, -0.25) is 0 Å². The first kappa shape index (κ1) is 14.8. The number of aliphatic hydroxyl groups is 1. The Kier molecular flexibility index (Phi) is 3.70. The maximum atomic E-state index is 9.71. The molecule has 0 saturated carbocycles. The number of fused-ring (bicyclic) bond motifs is 1. The van der Waals surface area contributed by atoms with Gasteiger partial charge in [-0.2, -0.15) is 0 Å². The molecule has 7 heteroatoms. The Balaban J connectivity index is 1.57. The Hall–Kier alpha value is -2.80. The summed E-state index contributed by atoms with van der Waals surface area (Å²) in [6.45, 7) is 3.27. The number of ether oxygens (including phenoxy) is 2. The lowest BCUT2D eigenvalue weighted by Crippen LogP contribution is -2.15. The highest BCUT2D eigenvalue weighted by Crippen LogP contribution is 2.34. The standard InChI is InChI=1S/C17H17N3O4/c1-11(21)17-18-4-5-20(17)10-13-9-15(24-19-13)12-2-3-14-16(8-12)23-7-6-22-14/h2-5,8-9,11,21H,6-7,10H2,1H3. The van der Waals surface area contributed by atoms with Gasteiger partial charge in [0.25, 0.3) is 0 Å². The van der Waals surface area contributed by atoms with Gasteiger partial charge in [-0.1, -0.05) is 5.16 Å². The first-order valence-corrected chi connectivity index (χ1v) is 7.75. The van der Waals surface area contributed by atoms with Crippen molar-refractivity contribution in [1.82, 2.24) is 14.7 Å². The largest absolute Gasteiger partial charge is 0.486 e. The van der Waals surface area contributed by atoms with Crippen molar-refractivity contribution >= 4 is 0 Å². The number of hydrogen-bond donors (Lipinski definition) is 1. The Morgan fingerprint density at radius 1 is 1.21 bits per heavy atom. The highest BCUT2D eigenvalue weighted by atomic mass is 16.6. The van der Waals surface area contributed by atoms with Crippen LogP contribution in [0.15, 0.2) is 41.2 Å². The maximum absolute atomic E-state index is 9.71. The van der Waals surface area contributed by atoms with Crippen LogP contribution in [0.5, 0.6) is 11.5 Å². The Morgan fingerprint density at radius 2 is 2.04 bits per heavy atom. The van der Waals surface area contributed by atoms with Crippen LogP contribution in [0.25, 0.3) is 11.3 Å². The summed E-state index contributed by atoms with van der Waals surface area (Å²) in [6.07, 6.45) is 2.83. The summed E-state index contributed by atoms with van der Waals surface area (Å²) in [5.74, 6) is 2.70. The molecule has 1 aliphatic rings. The van der Waals surface area contributed by atoms with E-state index in [0.717, 1.165) is 17.0 Å². The maximum Gasteiger partial charge on any atom is 0.167 e. The molecule has 1 unspecified atom stereocenters. The molecule has 0 saturated heterocycles. The molecule has 2 aromatic heterocycles. The van der Waals surface area contributed by atoms with Crippen LogP contribution < -0.4 is 9.47 Å². The molecule has 1 aromatic carbocycles. The molecule has 7 nitrogen and oxygen atoms in total. The number of aliphatic hydroxyl groups excluding tert-OH is 1. The third kappa shape index (κ3) is 2.74. The molecular formula is C17H17N3O4. The average Bonchev–Trinajstić information content (AvgIpc) is 3.24. The van der Waals surface area contributed by atoms with E-state index in [-0.39, 0.29) is 0 Å². The van der Waals surface area contributed by atoms with Gasteiger partial charge in [-0.05, 0) is 25.1 Å². The molecule has 0 spiro atoms. The predicted octanol–water partition coefficient (Wildman–Crippen LogP) is 2.41. The summed E-state index contributed by atoms with van der Waals surface area (Å²) < 4.78 is 18.4. The summed E-state index contributed by atoms with van der Waals surface area (Å²) in [5.41, 5.74) is 1.62. The highest BCUT2D eigenvalue weighted by Gasteiger charge is 2.16. The molecule has 0 bridgehead atoms. The van der Waals surface area contributed by atoms with E-state index in [1.54, 1.807) is 19.3 Å². The molecule has 4 rings (SSSR count). The molecule has 1 N–H and O–H groups in total. The molecule has 0 radical (unpaired) electrons. The Labute approximate surface area is 138 Å². The summed E-state index contributed by atoms with van der Waals surface area (Å²) in [5, 5.41) is 13.8. The number of imidazole rings is 1. The van der Waals surface area contributed by atoms with Gasteiger partial charge in [0.1, 0.15) is 30.8 Å². The van der Waals surface area contributed by atoms with Crippen LogP contribution in [-0.2, 0) is 6.54 Å². The van der Waals surface area contributed by atoms with Crippen molar-refractivity contribution in [2.75, 3.05) is 13.2 Å². The van der Waals surface area contributed by atoms with Crippen molar-refractivity contribution < 1.29 is 19.1 Å². The van der Waals surface area contributed by atoms with Crippen LogP contribution >= 0.6 is 0 Å². The lowest BCUT2D eigenvalue weighted by Gasteiger charge is -2.18. The van der Waals surface area contributed by atoms with E-state index in [2.05, 4.69) is 10.1 Å². The normalized spacial score (nSPS) is 14.6. The number of nitrogens with zero attached hydrogens (tertiary/aromatic N) is 3. The summed E-state index contributed by atoms with van der Waals surface area (Å²) in [6, 6.07) is 7.54. The number of hydrogen-bond acceptors (Lipinski definition) is 6. The lowest BCUT2D eigenvalue weighted by molar-refractivity contribution is 0.171. The zero-order valence-corrected chi connectivity index (χ0v) is 13.2. The van der Waals surface area contributed by atoms with Crippen molar-refractivity contribution in [3.63, 3.8) is 0 Å². The molecule has 124 valence electrons. The minimum Gasteiger partial charge on any atom is -0.486 e. The van der Waals surface area contributed by atoms with Gasteiger partial charge in [0.05, 0.1) is 6.54 Å². The number of benzene rings is 1. The second-order valence-corrected chi connectivity index (χ2v) is 5.63. The van der Waals surface area contributed by atoms with E-state index in [1.165, 1.54) is 0 Å². The van der Waals surface area contributed by atoms with E-state index >= 15 is 0 Å². The van der Waals surface area contributed by atoms with Crippen molar-refractivity contribution in [2.45, 2.75) is 19.6 Å². The van der Waals surface area contributed by atoms with Crippen molar-refractivity contribution in [3.8, 4) is 22.8 Å². The van der Waals surface area contributed by atoms with Gasteiger partial charge >= 0.3 is 0 Å². The average molecular weight is 327 g/mol. The molecule has 0 aliphatic carbocycles. The summed E-state index contributed by atoms with van der Waals surface area (Å²) >= 11 is 0. The van der Waals surface area contributed by atoms with E-state index in [9.17, 15) is 5.11 Å². The van der Waals surface area contributed by atoms with Crippen molar-refractivity contribution in [3.05, 3.63) is 48.2 Å². The zero-order chi connectivity index (χ0) is 16.5. The fraction of sp³-hybridized carbons (Fsp3) is 0.294. The minimum atomic E-state index is -0.635. The van der Waals surface area contributed by atoms with Gasteiger partial charge in [0.2, 0.25) is 0 Å². The number of rotatable bonds is 4. The molecule has 3 aromatic rings. The fourth-order valence-electron chi connectivity index (χ4n) is 2.72. The fourth-order valence-corrected chi connectivity index (χ4v) is 2.72. The van der Waals surface area contributed by atoms with Gasteiger partial charge in [-0.15, -0.1) is 0 Å². The third-order valence-corrected chi connectivity index (χ3v) is 3.84. The number of aromatic nitrogens is 3. The Bertz CT molecular complexity index is 853. The monoisotopic (exact) mass is 327 g/mol. The molecule has 1 atom stereocenters. The van der Waals surface area contributed by atoms with Crippen LogP contribution in [0.1, 0.15) is 24.5 Å². The molecule has 0 amide bonds. The first-order valence-electron chi connectivity index (χ1n) is 7.75. The lowest BCUT2D eigenvalue weighted by atomic mass is 10.1. The van der Waals surface area contributed by atoms with Gasteiger partial charge in [-0.25, -0.2) is 4.98 Å². The smallest absolute Gasteiger partial charge is 0.167 e. The van der Waals surface area contributed by atoms with Gasteiger partial charge in [0.15, 0.2) is 17.3 Å². The Morgan fingerprint density at radius 3 is 2.88 bits per heavy atom. The van der Waals surface area contributed by atoms with E-state index in [4.69, 9.17) is 14.0 Å². The highest BCUT2D eigenvalue weighted by molar-refractivity contribution is 5.63. The summed E-state index contributed by atoms with van der Waals surface area (Å²) in [7, 11) is 0. The molecule has 1 aliphatic heterocycles. The quantitative estimate of drug-likeness (QED) is 0.792.